The molecule has 1 saturated heterocycles. The van der Waals surface area contributed by atoms with Crippen LogP contribution in [0.5, 0.6) is 5.75 Å². The van der Waals surface area contributed by atoms with Crippen LogP contribution >= 0.6 is 22.9 Å². The third-order valence-corrected chi connectivity index (χ3v) is 4.00. The van der Waals surface area contributed by atoms with Gasteiger partial charge in [0.25, 0.3) is 0 Å². The van der Waals surface area contributed by atoms with Crippen molar-refractivity contribution in [1.29, 1.82) is 0 Å². The molecule has 88 valence electrons. The summed E-state index contributed by atoms with van der Waals surface area (Å²) in [6.45, 7) is 0.506. The third kappa shape index (κ3) is 1.85. The molecule has 0 aliphatic carbocycles. The SMILES string of the molecule is O=C1CC(Cl)CN1c1nc2ccc(O)cc2s1. The first-order valence-electron chi connectivity index (χ1n) is 5.17. The number of thiazole rings is 1. The zero-order chi connectivity index (χ0) is 12.0. The molecule has 1 aliphatic rings. The van der Waals surface area contributed by atoms with E-state index >= 15 is 0 Å². The number of carbonyl (C=O) groups excluding carboxylic acids is 1. The predicted octanol–water partition coefficient (Wildman–Crippen LogP) is 2.35. The van der Waals surface area contributed by atoms with Crippen LogP contribution in [-0.4, -0.2) is 27.9 Å². The van der Waals surface area contributed by atoms with Crippen LogP contribution in [0.25, 0.3) is 10.2 Å². The van der Waals surface area contributed by atoms with E-state index in [0.29, 0.717) is 18.1 Å². The van der Waals surface area contributed by atoms with E-state index in [-0.39, 0.29) is 17.0 Å². The average Bonchev–Trinajstić information content (AvgIpc) is 2.80. The van der Waals surface area contributed by atoms with Gasteiger partial charge < -0.3 is 5.11 Å². The van der Waals surface area contributed by atoms with E-state index < -0.39 is 0 Å². The van der Waals surface area contributed by atoms with Gasteiger partial charge in [-0.3, -0.25) is 9.69 Å². The lowest BCUT2D eigenvalue weighted by molar-refractivity contribution is -0.117. The van der Waals surface area contributed by atoms with Crippen LogP contribution in [0.3, 0.4) is 0 Å². The van der Waals surface area contributed by atoms with Gasteiger partial charge in [-0.05, 0) is 18.2 Å². The van der Waals surface area contributed by atoms with E-state index in [1.165, 1.54) is 11.3 Å². The van der Waals surface area contributed by atoms with Crippen LogP contribution in [0.2, 0.25) is 0 Å². The fourth-order valence-electron chi connectivity index (χ4n) is 1.87. The quantitative estimate of drug-likeness (QED) is 0.808. The highest BCUT2D eigenvalue weighted by atomic mass is 35.5. The Morgan fingerprint density at radius 1 is 1.53 bits per heavy atom. The Morgan fingerprint density at radius 2 is 2.35 bits per heavy atom. The summed E-state index contributed by atoms with van der Waals surface area (Å²) in [6.07, 6.45) is 0.364. The van der Waals surface area contributed by atoms with Crippen LogP contribution < -0.4 is 4.90 Å². The highest BCUT2D eigenvalue weighted by Crippen LogP contribution is 2.33. The minimum Gasteiger partial charge on any atom is -0.508 e. The molecule has 1 atom stereocenters. The summed E-state index contributed by atoms with van der Waals surface area (Å²) in [5.41, 5.74) is 0.786. The standard InChI is InChI=1S/C11H9ClN2O2S/c12-6-3-10(16)14(5-6)11-13-8-2-1-7(15)4-9(8)17-11/h1-2,4,6,15H,3,5H2. The van der Waals surface area contributed by atoms with Crippen LogP contribution in [0, 0.1) is 0 Å². The van der Waals surface area contributed by atoms with Crippen LogP contribution in [0.4, 0.5) is 5.13 Å². The monoisotopic (exact) mass is 268 g/mol. The molecule has 6 heteroatoms. The Balaban J connectivity index is 2.03. The number of phenols is 1. The number of nitrogens with zero attached hydrogens (tertiary/aromatic N) is 2. The molecule has 1 fully saturated rings. The molecule has 17 heavy (non-hydrogen) atoms. The Morgan fingerprint density at radius 3 is 3.06 bits per heavy atom. The minimum absolute atomic E-state index is 0.00766. The number of carbonyl (C=O) groups is 1. The molecule has 4 nitrogen and oxygen atoms in total. The number of phenolic OH excluding ortho intramolecular Hbond substituents is 1. The number of amides is 1. The normalized spacial score (nSPS) is 20.4. The smallest absolute Gasteiger partial charge is 0.230 e. The fraction of sp³-hybridized carbons (Fsp3) is 0.273. The van der Waals surface area contributed by atoms with Crippen molar-refractivity contribution in [3.05, 3.63) is 18.2 Å². The minimum atomic E-state index is -0.136. The second-order valence-corrected chi connectivity index (χ2v) is 5.58. The van der Waals surface area contributed by atoms with Gasteiger partial charge >= 0.3 is 0 Å². The Kier molecular flexibility index (Phi) is 2.45. The van der Waals surface area contributed by atoms with Gasteiger partial charge in [0, 0.05) is 13.0 Å². The number of aromatic hydroxyl groups is 1. The molecule has 1 N–H and O–H groups in total. The summed E-state index contributed by atoms with van der Waals surface area (Å²) in [4.78, 5) is 17.7. The lowest BCUT2D eigenvalue weighted by Gasteiger charge is -2.10. The molecule has 1 aromatic heterocycles. The second-order valence-electron chi connectivity index (χ2n) is 3.95. The van der Waals surface area contributed by atoms with E-state index in [2.05, 4.69) is 4.98 Å². The van der Waals surface area contributed by atoms with Crippen LogP contribution in [0.15, 0.2) is 18.2 Å². The van der Waals surface area contributed by atoms with Gasteiger partial charge in [0.1, 0.15) is 5.75 Å². The number of hydrogen-bond donors (Lipinski definition) is 1. The predicted molar refractivity (Wildman–Crippen MR) is 67.9 cm³/mol. The maximum atomic E-state index is 11.7. The second kappa shape index (κ2) is 3.85. The summed E-state index contributed by atoms with van der Waals surface area (Å²) < 4.78 is 0.867. The first kappa shape index (κ1) is 10.8. The maximum Gasteiger partial charge on any atom is 0.230 e. The molecule has 0 bridgehead atoms. The highest BCUT2D eigenvalue weighted by molar-refractivity contribution is 7.22. The molecule has 2 heterocycles. The summed E-state index contributed by atoms with van der Waals surface area (Å²) >= 11 is 7.34. The zero-order valence-corrected chi connectivity index (χ0v) is 10.3. The van der Waals surface area contributed by atoms with Gasteiger partial charge in [-0.15, -0.1) is 11.6 Å². The van der Waals surface area contributed by atoms with Crippen molar-refractivity contribution in [3.8, 4) is 5.75 Å². The molecular formula is C11H9ClN2O2S. The fourth-order valence-corrected chi connectivity index (χ4v) is 3.16. The molecule has 1 unspecified atom stereocenters. The van der Waals surface area contributed by atoms with Crippen molar-refractivity contribution in [2.75, 3.05) is 11.4 Å². The molecule has 2 aromatic rings. The van der Waals surface area contributed by atoms with Crippen LogP contribution in [-0.2, 0) is 4.79 Å². The Bertz CT molecular complexity index is 598. The van der Waals surface area contributed by atoms with Crippen LogP contribution in [0.1, 0.15) is 6.42 Å². The van der Waals surface area contributed by atoms with E-state index in [1.807, 2.05) is 0 Å². The Hall–Kier alpha value is -1.33. The number of fused-ring (bicyclic) bond motifs is 1. The number of halogens is 1. The number of hydrogen-bond acceptors (Lipinski definition) is 4. The van der Waals surface area contributed by atoms with Gasteiger partial charge in [-0.25, -0.2) is 4.98 Å². The molecule has 0 spiro atoms. The molecule has 1 aliphatic heterocycles. The van der Waals surface area contributed by atoms with E-state index in [4.69, 9.17) is 11.6 Å². The lowest BCUT2D eigenvalue weighted by Crippen LogP contribution is -2.24. The number of aromatic nitrogens is 1. The topological polar surface area (TPSA) is 53.4 Å². The lowest BCUT2D eigenvalue weighted by atomic mass is 10.3. The number of benzene rings is 1. The molecule has 1 amide bonds. The van der Waals surface area contributed by atoms with E-state index in [1.54, 1.807) is 23.1 Å². The van der Waals surface area contributed by atoms with Gasteiger partial charge in [-0.1, -0.05) is 11.3 Å². The van der Waals surface area contributed by atoms with Crippen molar-refractivity contribution in [3.63, 3.8) is 0 Å². The Labute approximate surface area is 106 Å². The van der Waals surface area contributed by atoms with E-state index in [0.717, 1.165) is 10.2 Å². The first-order chi connectivity index (χ1) is 8.13. The van der Waals surface area contributed by atoms with E-state index in [9.17, 15) is 9.90 Å². The molecule has 1 aromatic carbocycles. The zero-order valence-electron chi connectivity index (χ0n) is 8.76. The van der Waals surface area contributed by atoms with Crippen molar-refractivity contribution in [2.24, 2.45) is 0 Å². The summed E-state index contributed by atoms with van der Waals surface area (Å²) in [5.74, 6) is 0.212. The van der Waals surface area contributed by atoms with Gasteiger partial charge in [0.2, 0.25) is 5.91 Å². The summed E-state index contributed by atoms with van der Waals surface area (Å²) in [7, 11) is 0. The maximum absolute atomic E-state index is 11.7. The van der Waals surface area contributed by atoms with Gasteiger partial charge in [0.15, 0.2) is 5.13 Å². The number of anilines is 1. The largest absolute Gasteiger partial charge is 0.508 e. The van der Waals surface area contributed by atoms with Crippen molar-refractivity contribution in [2.45, 2.75) is 11.8 Å². The number of rotatable bonds is 1. The first-order valence-corrected chi connectivity index (χ1v) is 6.43. The summed E-state index contributed by atoms with van der Waals surface area (Å²) in [5, 5.41) is 9.89. The highest BCUT2D eigenvalue weighted by Gasteiger charge is 2.31. The third-order valence-electron chi connectivity index (χ3n) is 2.67. The average molecular weight is 269 g/mol. The molecule has 0 saturated carbocycles. The van der Waals surface area contributed by atoms with Crippen molar-refractivity contribution < 1.29 is 9.90 Å². The molecule has 0 radical (unpaired) electrons. The summed E-state index contributed by atoms with van der Waals surface area (Å²) in [6, 6.07) is 4.97. The van der Waals surface area contributed by atoms with Crippen molar-refractivity contribution in [1.82, 2.24) is 4.98 Å². The molecule has 3 rings (SSSR count). The van der Waals surface area contributed by atoms with Gasteiger partial charge in [0.05, 0.1) is 15.6 Å². The van der Waals surface area contributed by atoms with Gasteiger partial charge in [-0.2, -0.15) is 0 Å². The molecular weight excluding hydrogens is 260 g/mol. The number of alkyl halides is 1. The van der Waals surface area contributed by atoms with Crippen molar-refractivity contribution >= 4 is 44.2 Å².